The molecule has 0 aliphatic carbocycles. The van der Waals surface area contributed by atoms with Gasteiger partial charge in [-0.1, -0.05) is 18.2 Å². The SMILES string of the molecule is CN(CC1CCCN1C)C(=O)Cc1ccccc1C(=O)O. The summed E-state index contributed by atoms with van der Waals surface area (Å²) in [6.07, 6.45) is 2.42. The van der Waals surface area contributed by atoms with Gasteiger partial charge in [-0.3, -0.25) is 4.79 Å². The molecule has 1 amide bonds. The van der Waals surface area contributed by atoms with Gasteiger partial charge in [0.25, 0.3) is 0 Å². The number of likely N-dealkylation sites (N-methyl/N-ethyl adjacent to an activating group) is 2. The first-order valence-electron chi connectivity index (χ1n) is 7.24. The summed E-state index contributed by atoms with van der Waals surface area (Å²) in [5, 5.41) is 9.15. The second-order valence-electron chi connectivity index (χ2n) is 5.69. The van der Waals surface area contributed by atoms with Crippen molar-refractivity contribution < 1.29 is 14.7 Å². The van der Waals surface area contributed by atoms with E-state index in [1.165, 1.54) is 12.5 Å². The summed E-state index contributed by atoms with van der Waals surface area (Å²) in [7, 11) is 3.87. The van der Waals surface area contributed by atoms with Crippen molar-refractivity contribution in [1.29, 1.82) is 0 Å². The van der Waals surface area contributed by atoms with E-state index in [4.69, 9.17) is 5.11 Å². The highest BCUT2D eigenvalue weighted by Crippen LogP contribution is 2.16. The van der Waals surface area contributed by atoms with E-state index in [0.717, 1.165) is 13.0 Å². The number of rotatable bonds is 5. The standard InChI is InChI=1S/C16H22N2O3/c1-17-9-5-7-13(17)11-18(2)15(19)10-12-6-3-4-8-14(12)16(20)21/h3-4,6,8,13H,5,7,9-11H2,1-2H3,(H,20,21). The van der Waals surface area contributed by atoms with E-state index < -0.39 is 5.97 Å². The maximum absolute atomic E-state index is 12.3. The molecule has 0 saturated carbocycles. The maximum atomic E-state index is 12.3. The fourth-order valence-corrected chi connectivity index (χ4v) is 2.81. The quantitative estimate of drug-likeness (QED) is 0.892. The lowest BCUT2D eigenvalue weighted by Crippen LogP contribution is -2.40. The second-order valence-corrected chi connectivity index (χ2v) is 5.69. The number of benzene rings is 1. The van der Waals surface area contributed by atoms with E-state index in [0.29, 0.717) is 18.2 Å². The van der Waals surface area contributed by atoms with Crippen LogP contribution in [0.3, 0.4) is 0 Å². The molecule has 1 heterocycles. The Labute approximate surface area is 125 Å². The Morgan fingerprint density at radius 1 is 1.38 bits per heavy atom. The highest BCUT2D eigenvalue weighted by Gasteiger charge is 2.24. The van der Waals surface area contributed by atoms with Gasteiger partial charge in [0.05, 0.1) is 12.0 Å². The number of carbonyl (C=O) groups is 2. The number of nitrogens with zero attached hydrogens (tertiary/aromatic N) is 2. The topological polar surface area (TPSA) is 60.9 Å². The molecule has 1 aliphatic rings. The molecular weight excluding hydrogens is 268 g/mol. The molecule has 0 spiro atoms. The van der Waals surface area contributed by atoms with Crippen LogP contribution >= 0.6 is 0 Å². The van der Waals surface area contributed by atoms with Gasteiger partial charge in [-0.05, 0) is 38.1 Å². The largest absolute Gasteiger partial charge is 0.478 e. The fraction of sp³-hybridized carbons (Fsp3) is 0.500. The Kier molecular flexibility index (Phi) is 4.96. The first-order chi connectivity index (χ1) is 9.99. The number of hydrogen-bond acceptors (Lipinski definition) is 3. The van der Waals surface area contributed by atoms with Gasteiger partial charge in [-0.25, -0.2) is 4.79 Å². The van der Waals surface area contributed by atoms with E-state index in [1.807, 2.05) is 0 Å². The average Bonchev–Trinajstić information content (AvgIpc) is 2.84. The highest BCUT2D eigenvalue weighted by molar-refractivity contribution is 5.91. The van der Waals surface area contributed by atoms with Crippen molar-refractivity contribution in [3.05, 3.63) is 35.4 Å². The van der Waals surface area contributed by atoms with Gasteiger partial charge in [0.1, 0.15) is 0 Å². The van der Waals surface area contributed by atoms with Crippen molar-refractivity contribution in [3.63, 3.8) is 0 Å². The molecule has 5 heteroatoms. The Morgan fingerprint density at radius 3 is 2.71 bits per heavy atom. The first kappa shape index (κ1) is 15.5. The van der Waals surface area contributed by atoms with Gasteiger partial charge in [0.15, 0.2) is 0 Å². The molecule has 0 aromatic heterocycles. The number of likely N-dealkylation sites (tertiary alicyclic amines) is 1. The molecule has 1 atom stereocenters. The maximum Gasteiger partial charge on any atom is 0.335 e. The molecule has 0 bridgehead atoms. The molecule has 1 aromatic carbocycles. The van der Waals surface area contributed by atoms with Crippen molar-refractivity contribution >= 4 is 11.9 Å². The molecule has 1 aromatic rings. The summed E-state index contributed by atoms with van der Waals surface area (Å²) in [6.45, 7) is 1.78. The van der Waals surface area contributed by atoms with Gasteiger partial charge in [0, 0.05) is 19.6 Å². The molecule has 1 fully saturated rings. The fourth-order valence-electron chi connectivity index (χ4n) is 2.81. The summed E-state index contributed by atoms with van der Waals surface area (Å²) in [4.78, 5) is 27.4. The Morgan fingerprint density at radius 2 is 2.10 bits per heavy atom. The Hall–Kier alpha value is -1.88. The van der Waals surface area contributed by atoms with Gasteiger partial charge >= 0.3 is 5.97 Å². The number of carboxylic acids is 1. The zero-order valence-electron chi connectivity index (χ0n) is 12.6. The lowest BCUT2D eigenvalue weighted by molar-refractivity contribution is -0.129. The van der Waals surface area contributed by atoms with Gasteiger partial charge < -0.3 is 14.9 Å². The monoisotopic (exact) mass is 290 g/mol. The van der Waals surface area contributed by atoms with Crippen LogP contribution in [0.25, 0.3) is 0 Å². The molecular formula is C16H22N2O3. The van der Waals surface area contributed by atoms with E-state index in [9.17, 15) is 9.59 Å². The minimum atomic E-state index is -0.989. The number of aromatic carboxylic acids is 1. The third kappa shape index (κ3) is 3.82. The molecule has 1 aliphatic heterocycles. The van der Waals surface area contributed by atoms with Crippen molar-refractivity contribution in [2.45, 2.75) is 25.3 Å². The van der Waals surface area contributed by atoms with Crippen LogP contribution in [0.2, 0.25) is 0 Å². The van der Waals surface area contributed by atoms with Crippen LogP contribution in [0, 0.1) is 0 Å². The van der Waals surface area contributed by atoms with Crippen LogP contribution in [-0.4, -0.2) is 60.0 Å². The van der Waals surface area contributed by atoms with E-state index in [1.54, 1.807) is 30.1 Å². The summed E-state index contributed by atoms with van der Waals surface area (Å²) in [5.74, 6) is -1.03. The van der Waals surface area contributed by atoms with Crippen molar-refractivity contribution in [2.75, 3.05) is 27.2 Å². The van der Waals surface area contributed by atoms with Crippen LogP contribution < -0.4 is 0 Å². The Balaban J connectivity index is 1.99. The summed E-state index contributed by atoms with van der Waals surface area (Å²) in [6, 6.07) is 7.09. The summed E-state index contributed by atoms with van der Waals surface area (Å²) in [5.41, 5.74) is 0.777. The lowest BCUT2D eigenvalue weighted by atomic mass is 10.0. The van der Waals surface area contributed by atoms with E-state index >= 15 is 0 Å². The molecule has 1 unspecified atom stereocenters. The summed E-state index contributed by atoms with van der Waals surface area (Å²) < 4.78 is 0. The molecule has 114 valence electrons. The van der Waals surface area contributed by atoms with Crippen LogP contribution in [-0.2, 0) is 11.2 Å². The molecule has 0 radical (unpaired) electrons. The second kappa shape index (κ2) is 6.72. The van der Waals surface area contributed by atoms with Crippen molar-refractivity contribution in [3.8, 4) is 0 Å². The molecule has 21 heavy (non-hydrogen) atoms. The van der Waals surface area contributed by atoms with Gasteiger partial charge in [-0.15, -0.1) is 0 Å². The third-order valence-electron chi connectivity index (χ3n) is 4.17. The van der Waals surface area contributed by atoms with Crippen molar-refractivity contribution in [2.24, 2.45) is 0 Å². The minimum Gasteiger partial charge on any atom is -0.478 e. The van der Waals surface area contributed by atoms with Crippen molar-refractivity contribution in [1.82, 2.24) is 9.80 Å². The first-order valence-corrected chi connectivity index (χ1v) is 7.24. The minimum absolute atomic E-state index is 0.0380. The van der Waals surface area contributed by atoms with Crippen LogP contribution in [0.5, 0.6) is 0 Å². The highest BCUT2D eigenvalue weighted by atomic mass is 16.4. The number of hydrogen-bond donors (Lipinski definition) is 1. The van der Waals surface area contributed by atoms with Crippen LogP contribution in [0.1, 0.15) is 28.8 Å². The normalized spacial score (nSPS) is 18.7. The van der Waals surface area contributed by atoms with Crippen LogP contribution in [0.15, 0.2) is 24.3 Å². The van der Waals surface area contributed by atoms with Gasteiger partial charge in [-0.2, -0.15) is 0 Å². The predicted octanol–water partition coefficient (Wildman–Crippen LogP) is 1.48. The van der Waals surface area contributed by atoms with Gasteiger partial charge in [0.2, 0.25) is 5.91 Å². The zero-order valence-corrected chi connectivity index (χ0v) is 12.6. The zero-order chi connectivity index (χ0) is 15.4. The smallest absolute Gasteiger partial charge is 0.335 e. The number of carboxylic acid groups (broad SMARTS) is 1. The number of carbonyl (C=O) groups excluding carboxylic acids is 1. The molecule has 1 N–H and O–H groups in total. The molecule has 1 saturated heterocycles. The Bertz CT molecular complexity index is 530. The average molecular weight is 290 g/mol. The number of amides is 1. The predicted molar refractivity (Wildman–Crippen MR) is 80.4 cm³/mol. The summed E-state index contributed by atoms with van der Waals surface area (Å²) >= 11 is 0. The lowest BCUT2D eigenvalue weighted by Gasteiger charge is -2.26. The van der Waals surface area contributed by atoms with E-state index in [-0.39, 0.29) is 17.9 Å². The third-order valence-corrected chi connectivity index (χ3v) is 4.17. The molecule has 5 nitrogen and oxygen atoms in total. The van der Waals surface area contributed by atoms with Crippen LogP contribution in [0.4, 0.5) is 0 Å². The molecule has 2 rings (SSSR count). The van der Waals surface area contributed by atoms with E-state index in [2.05, 4.69) is 11.9 Å².